The highest BCUT2D eigenvalue weighted by Gasteiger charge is 2.33. The lowest BCUT2D eigenvalue weighted by Gasteiger charge is -2.25. The summed E-state index contributed by atoms with van der Waals surface area (Å²) >= 11 is 0. The first-order chi connectivity index (χ1) is 9.33. The maximum absolute atomic E-state index is 12.9. The van der Waals surface area contributed by atoms with Crippen LogP contribution in [0.4, 0.5) is 18.9 Å². The Morgan fingerprint density at radius 2 is 2.05 bits per heavy atom. The molecule has 1 rings (SSSR count). The van der Waals surface area contributed by atoms with Crippen LogP contribution < -0.4 is 4.90 Å². The van der Waals surface area contributed by atoms with Gasteiger partial charge in [-0.2, -0.15) is 18.4 Å². The van der Waals surface area contributed by atoms with Crippen LogP contribution in [0.15, 0.2) is 18.2 Å². The van der Waals surface area contributed by atoms with Crippen LogP contribution in [0.5, 0.6) is 0 Å². The number of alkyl halides is 3. The molecule has 0 bridgehead atoms. The van der Waals surface area contributed by atoms with Crippen LogP contribution >= 0.6 is 0 Å². The predicted octanol–water partition coefficient (Wildman–Crippen LogP) is 3.18. The van der Waals surface area contributed by atoms with E-state index in [0.29, 0.717) is 18.8 Å². The largest absolute Gasteiger partial charge is 0.416 e. The topological polar surface area (TPSA) is 47.3 Å². The molecule has 0 amide bonds. The fourth-order valence-corrected chi connectivity index (χ4v) is 1.95. The second-order valence-electron chi connectivity index (χ2n) is 4.57. The maximum atomic E-state index is 12.9. The molecule has 20 heavy (non-hydrogen) atoms. The molecule has 0 aromatic heterocycles. The number of halogens is 3. The quantitative estimate of drug-likeness (QED) is 0.904. The number of anilines is 1. The van der Waals surface area contributed by atoms with Gasteiger partial charge in [0.15, 0.2) is 0 Å². The highest BCUT2D eigenvalue weighted by Crippen LogP contribution is 2.34. The minimum absolute atomic E-state index is 0.148. The summed E-state index contributed by atoms with van der Waals surface area (Å²) in [7, 11) is 0. The summed E-state index contributed by atoms with van der Waals surface area (Å²) in [5, 5.41) is 17.8. The number of hydrogen-bond acceptors (Lipinski definition) is 3. The van der Waals surface area contributed by atoms with Gasteiger partial charge in [0.25, 0.3) is 0 Å². The van der Waals surface area contributed by atoms with Crippen molar-refractivity contribution in [2.75, 3.05) is 18.0 Å². The highest BCUT2D eigenvalue weighted by molar-refractivity contribution is 5.52. The fraction of sp³-hybridized carbons (Fsp3) is 0.500. The molecule has 1 aromatic carbocycles. The van der Waals surface area contributed by atoms with Gasteiger partial charge in [0.2, 0.25) is 0 Å². The van der Waals surface area contributed by atoms with E-state index in [4.69, 9.17) is 10.4 Å². The van der Waals surface area contributed by atoms with Crippen molar-refractivity contribution in [3.05, 3.63) is 29.3 Å². The molecule has 110 valence electrons. The second kappa shape index (κ2) is 6.62. The van der Waals surface area contributed by atoms with Gasteiger partial charge in [0.1, 0.15) is 0 Å². The van der Waals surface area contributed by atoms with E-state index in [1.807, 2.05) is 6.92 Å². The molecular formula is C14H17F3N2O. The summed E-state index contributed by atoms with van der Waals surface area (Å²) in [6, 6.07) is 5.90. The van der Waals surface area contributed by atoms with Crippen LogP contribution in [0, 0.1) is 17.2 Å². The number of benzene rings is 1. The number of aliphatic hydroxyl groups is 1. The minimum Gasteiger partial charge on any atom is -0.392 e. The predicted molar refractivity (Wildman–Crippen MR) is 70.0 cm³/mol. The zero-order valence-electron chi connectivity index (χ0n) is 11.4. The molecule has 1 aromatic rings. The van der Waals surface area contributed by atoms with Crippen molar-refractivity contribution in [1.29, 1.82) is 5.26 Å². The van der Waals surface area contributed by atoms with Gasteiger partial charge in [-0.05, 0) is 31.5 Å². The Morgan fingerprint density at radius 1 is 1.40 bits per heavy atom. The molecule has 0 saturated carbocycles. The van der Waals surface area contributed by atoms with E-state index in [1.54, 1.807) is 11.8 Å². The summed E-state index contributed by atoms with van der Waals surface area (Å²) < 4.78 is 38.8. The van der Waals surface area contributed by atoms with Crippen LogP contribution in [0.3, 0.4) is 0 Å². The summed E-state index contributed by atoms with van der Waals surface area (Å²) in [5.41, 5.74) is -0.578. The van der Waals surface area contributed by atoms with Crippen molar-refractivity contribution in [2.24, 2.45) is 5.92 Å². The van der Waals surface area contributed by atoms with Crippen molar-refractivity contribution in [3.63, 3.8) is 0 Å². The number of nitrogens with zero attached hydrogens (tertiary/aromatic N) is 2. The van der Waals surface area contributed by atoms with Gasteiger partial charge in [-0.25, -0.2) is 0 Å². The third kappa shape index (κ3) is 3.87. The monoisotopic (exact) mass is 286 g/mol. The van der Waals surface area contributed by atoms with E-state index < -0.39 is 18.3 Å². The van der Waals surface area contributed by atoms with E-state index in [1.165, 1.54) is 12.1 Å². The highest BCUT2D eigenvalue weighted by atomic mass is 19.4. The number of hydrogen-bond donors (Lipinski definition) is 1. The maximum Gasteiger partial charge on any atom is 0.416 e. The zero-order chi connectivity index (χ0) is 15.3. The molecule has 0 spiro atoms. The Labute approximate surface area is 116 Å². The number of rotatable bonds is 5. The van der Waals surface area contributed by atoms with Crippen molar-refractivity contribution in [1.82, 2.24) is 0 Å². The molecule has 0 heterocycles. The molecule has 0 aliphatic heterocycles. The molecule has 0 radical (unpaired) electrons. The summed E-state index contributed by atoms with van der Waals surface area (Å²) in [4.78, 5) is 1.71. The summed E-state index contributed by atoms with van der Waals surface area (Å²) in [6.45, 7) is 3.74. The van der Waals surface area contributed by atoms with Crippen molar-refractivity contribution in [2.45, 2.75) is 26.6 Å². The molecule has 1 atom stereocenters. The third-order valence-corrected chi connectivity index (χ3v) is 3.03. The Bertz CT molecular complexity index is 494. The van der Waals surface area contributed by atoms with Gasteiger partial charge >= 0.3 is 6.18 Å². The second-order valence-corrected chi connectivity index (χ2v) is 4.57. The zero-order valence-corrected chi connectivity index (χ0v) is 11.4. The van der Waals surface area contributed by atoms with Gasteiger partial charge in [0, 0.05) is 18.8 Å². The summed E-state index contributed by atoms with van der Waals surface area (Å²) in [5.74, 6) is -0.276. The number of nitriles is 1. The van der Waals surface area contributed by atoms with E-state index >= 15 is 0 Å². The van der Waals surface area contributed by atoms with Crippen LogP contribution in [0.2, 0.25) is 0 Å². The Kier molecular flexibility index (Phi) is 5.40. The van der Waals surface area contributed by atoms with Crippen LogP contribution in [-0.2, 0) is 12.8 Å². The first-order valence-corrected chi connectivity index (χ1v) is 6.29. The van der Waals surface area contributed by atoms with Crippen molar-refractivity contribution in [3.8, 4) is 6.07 Å². The van der Waals surface area contributed by atoms with E-state index in [9.17, 15) is 13.2 Å². The van der Waals surface area contributed by atoms with Crippen LogP contribution in [-0.4, -0.2) is 18.2 Å². The van der Waals surface area contributed by atoms with E-state index in [2.05, 4.69) is 6.07 Å². The standard InChI is InChI=1S/C14H17F3N2O/c1-3-19(8-10(2)7-18)12-5-4-11(9-20)13(6-12)14(15,16)17/h4-6,10,20H,3,8-9H2,1-2H3. The van der Waals surface area contributed by atoms with Crippen molar-refractivity contribution >= 4 is 5.69 Å². The summed E-state index contributed by atoms with van der Waals surface area (Å²) in [6.07, 6.45) is -4.51. The normalized spacial score (nSPS) is 12.8. The molecule has 0 aliphatic rings. The molecule has 0 aliphatic carbocycles. The minimum atomic E-state index is -4.51. The Hall–Kier alpha value is -1.74. The van der Waals surface area contributed by atoms with Gasteiger partial charge in [-0.15, -0.1) is 0 Å². The fourth-order valence-electron chi connectivity index (χ4n) is 1.95. The molecule has 6 heteroatoms. The van der Waals surface area contributed by atoms with Gasteiger partial charge in [0.05, 0.1) is 24.2 Å². The van der Waals surface area contributed by atoms with Crippen LogP contribution in [0.1, 0.15) is 25.0 Å². The first kappa shape index (κ1) is 16.3. The van der Waals surface area contributed by atoms with E-state index in [0.717, 1.165) is 6.07 Å². The lowest BCUT2D eigenvalue weighted by molar-refractivity contribution is -0.138. The average Bonchev–Trinajstić information content (AvgIpc) is 2.42. The molecule has 3 nitrogen and oxygen atoms in total. The smallest absolute Gasteiger partial charge is 0.392 e. The number of aliphatic hydroxyl groups excluding tert-OH is 1. The average molecular weight is 286 g/mol. The molecule has 0 saturated heterocycles. The molecule has 0 fully saturated rings. The molecule has 1 N–H and O–H groups in total. The van der Waals surface area contributed by atoms with Gasteiger partial charge < -0.3 is 10.0 Å². The Morgan fingerprint density at radius 3 is 2.50 bits per heavy atom. The lowest BCUT2D eigenvalue weighted by Crippen LogP contribution is -2.28. The SMILES string of the molecule is CCN(CC(C)C#N)c1ccc(CO)c(C(F)(F)F)c1. The van der Waals surface area contributed by atoms with Gasteiger partial charge in [-0.1, -0.05) is 6.07 Å². The third-order valence-electron chi connectivity index (χ3n) is 3.03. The van der Waals surface area contributed by atoms with Crippen molar-refractivity contribution < 1.29 is 18.3 Å². The van der Waals surface area contributed by atoms with E-state index in [-0.39, 0.29) is 11.5 Å². The van der Waals surface area contributed by atoms with Gasteiger partial charge in [-0.3, -0.25) is 0 Å². The molecule has 1 unspecified atom stereocenters. The first-order valence-electron chi connectivity index (χ1n) is 6.29. The lowest BCUT2D eigenvalue weighted by atomic mass is 10.1. The molecular weight excluding hydrogens is 269 g/mol. The van der Waals surface area contributed by atoms with Crippen LogP contribution in [0.25, 0.3) is 0 Å². The Balaban J connectivity index is 3.16.